The molecule has 122 valence electrons. The van der Waals surface area contributed by atoms with E-state index >= 15 is 0 Å². The van der Waals surface area contributed by atoms with E-state index in [0.29, 0.717) is 12.0 Å². The molecular formula is C17H21BrN4O. The zero-order chi connectivity index (χ0) is 16.2. The van der Waals surface area contributed by atoms with Gasteiger partial charge in [0.1, 0.15) is 0 Å². The van der Waals surface area contributed by atoms with Gasteiger partial charge in [-0.15, -0.1) is 0 Å². The van der Waals surface area contributed by atoms with Crippen molar-refractivity contribution in [2.24, 2.45) is 0 Å². The molecule has 5 nitrogen and oxygen atoms in total. The minimum atomic E-state index is 0.0894. The summed E-state index contributed by atoms with van der Waals surface area (Å²) in [5, 5.41) is 12.7. The Bertz CT molecular complexity index is 671. The lowest BCUT2D eigenvalue weighted by Crippen LogP contribution is -2.39. The maximum absolute atomic E-state index is 9.26. The first-order chi connectivity index (χ1) is 11.2. The number of anilines is 2. The minimum absolute atomic E-state index is 0.0894. The van der Waals surface area contributed by atoms with Gasteiger partial charge < -0.3 is 15.3 Å². The highest BCUT2D eigenvalue weighted by Crippen LogP contribution is 2.23. The molecule has 0 radical (unpaired) electrons. The second kappa shape index (κ2) is 7.27. The Morgan fingerprint density at radius 1 is 1.35 bits per heavy atom. The molecule has 0 unspecified atom stereocenters. The van der Waals surface area contributed by atoms with Crippen molar-refractivity contribution in [3.63, 3.8) is 0 Å². The van der Waals surface area contributed by atoms with Crippen LogP contribution in [0.4, 0.5) is 11.6 Å². The fourth-order valence-corrected chi connectivity index (χ4v) is 3.03. The smallest absolute Gasteiger partial charge is 0.223 e. The summed E-state index contributed by atoms with van der Waals surface area (Å²) in [5.74, 6) is 0.700. The van der Waals surface area contributed by atoms with Gasteiger partial charge in [-0.3, -0.25) is 0 Å². The van der Waals surface area contributed by atoms with E-state index in [4.69, 9.17) is 0 Å². The highest BCUT2D eigenvalue weighted by atomic mass is 79.9. The van der Waals surface area contributed by atoms with Gasteiger partial charge in [0.05, 0.1) is 16.8 Å². The number of benzene rings is 1. The van der Waals surface area contributed by atoms with Crippen LogP contribution in [-0.2, 0) is 6.61 Å². The Morgan fingerprint density at radius 3 is 2.83 bits per heavy atom. The molecule has 2 aromatic rings. The van der Waals surface area contributed by atoms with E-state index in [9.17, 15) is 5.11 Å². The molecule has 1 fully saturated rings. The van der Waals surface area contributed by atoms with Gasteiger partial charge in [0, 0.05) is 31.0 Å². The number of rotatable bonds is 4. The van der Waals surface area contributed by atoms with Crippen LogP contribution in [0.5, 0.6) is 0 Å². The van der Waals surface area contributed by atoms with Gasteiger partial charge >= 0.3 is 0 Å². The Kier molecular flexibility index (Phi) is 5.13. The van der Waals surface area contributed by atoms with Crippen LogP contribution >= 0.6 is 15.9 Å². The molecule has 1 aliphatic heterocycles. The predicted octanol–water partition coefficient (Wildman–Crippen LogP) is 3.12. The second-order valence-corrected chi connectivity index (χ2v) is 6.71. The Balaban J connectivity index is 1.58. The van der Waals surface area contributed by atoms with Crippen LogP contribution in [0.15, 0.2) is 34.9 Å². The molecule has 0 atom stereocenters. The molecule has 0 bridgehead atoms. The average molecular weight is 377 g/mol. The molecule has 0 spiro atoms. The van der Waals surface area contributed by atoms with Crippen LogP contribution in [0.1, 0.15) is 24.1 Å². The van der Waals surface area contributed by atoms with E-state index in [2.05, 4.69) is 48.2 Å². The molecule has 0 amide bonds. The molecule has 1 aromatic carbocycles. The van der Waals surface area contributed by atoms with Gasteiger partial charge in [-0.1, -0.05) is 12.1 Å². The van der Waals surface area contributed by atoms with Gasteiger partial charge in [0.25, 0.3) is 0 Å². The largest absolute Gasteiger partial charge is 0.392 e. The third-order valence-electron chi connectivity index (χ3n) is 4.21. The normalized spacial score (nSPS) is 15.7. The lowest BCUT2D eigenvalue weighted by atomic mass is 10.0. The van der Waals surface area contributed by atoms with Crippen molar-refractivity contribution in [2.75, 3.05) is 23.3 Å². The topological polar surface area (TPSA) is 61.3 Å². The quantitative estimate of drug-likeness (QED) is 0.858. The molecule has 1 aliphatic rings. The SMILES string of the molecule is Cc1nc(NC2CCN(c3cccc(CO)c3)CC2)ncc1Br. The average Bonchev–Trinajstić information content (AvgIpc) is 2.59. The number of halogens is 1. The van der Waals surface area contributed by atoms with Crippen LogP contribution in [-0.4, -0.2) is 34.2 Å². The molecule has 2 N–H and O–H groups in total. The Labute approximate surface area is 144 Å². The third-order valence-corrected chi connectivity index (χ3v) is 4.98. The van der Waals surface area contributed by atoms with E-state index < -0.39 is 0 Å². The van der Waals surface area contributed by atoms with Crippen LogP contribution in [0, 0.1) is 6.92 Å². The summed E-state index contributed by atoms with van der Waals surface area (Å²) in [6, 6.07) is 8.52. The van der Waals surface area contributed by atoms with Crippen molar-refractivity contribution in [1.29, 1.82) is 0 Å². The Hall–Kier alpha value is -1.66. The molecule has 2 heterocycles. The minimum Gasteiger partial charge on any atom is -0.392 e. The van der Waals surface area contributed by atoms with Gasteiger partial charge in [-0.2, -0.15) is 0 Å². The summed E-state index contributed by atoms with van der Waals surface area (Å²) in [6.07, 6.45) is 3.88. The highest BCUT2D eigenvalue weighted by molar-refractivity contribution is 9.10. The number of hydrogen-bond acceptors (Lipinski definition) is 5. The number of hydrogen-bond donors (Lipinski definition) is 2. The van der Waals surface area contributed by atoms with E-state index in [1.165, 1.54) is 5.69 Å². The monoisotopic (exact) mass is 376 g/mol. The first-order valence-electron chi connectivity index (χ1n) is 7.86. The third kappa shape index (κ3) is 4.00. The lowest BCUT2D eigenvalue weighted by Gasteiger charge is -2.34. The zero-order valence-corrected chi connectivity index (χ0v) is 14.8. The van der Waals surface area contributed by atoms with Crippen molar-refractivity contribution < 1.29 is 5.11 Å². The first kappa shape index (κ1) is 16.2. The zero-order valence-electron chi connectivity index (χ0n) is 13.2. The van der Waals surface area contributed by atoms with E-state index in [0.717, 1.165) is 41.7 Å². The molecule has 1 aromatic heterocycles. The van der Waals surface area contributed by atoms with Crippen molar-refractivity contribution in [1.82, 2.24) is 9.97 Å². The van der Waals surface area contributed by atoms with Gasteiger partial charge in [-0.05, 0) is 53.4 Å². The Morgan fingerprint density at radius 2 is 2.13 bits per heavy atom. The second-order valence-electron chi connectivity index (χ2n) is 5.86. The van der Waals surface area contributed by atoms with Crippen LogP contribution in [0.25, 0.3) is 0 Å². The maximum atomic E-state index is 9.26. The standard InChI is InChI=1S/C17H21BrN4O/c1-12-16(18)10-19-17(20-12)21-14-5-7-22(8-6-14)15-4-2-3-13(9-15)11-23/h2-4,9-10,14,23H,5-8,11H2,1H3,(H,19,20,21). The molecule has 1 saturated heterocycles. The van der Waals surface area contributed by atoms with E-state index in [1.807, 2.05) is 19.1 Å². The van der Waals surface area contributed by atoms with Crippen molar-refractivity contribution in [3.05, 3.63) is 46.2 Å². The molecule has 3 rings (SSSR count). The molecular weight excluding hydrogens is 356 g/mol. The number of nitrogens with zero attached hydrogens (tertiary/aromatic N) is 3. The van der Waals surface area contributed by atoms with Crippen LogP contribution < -0.4 is 10.2 Å². The van der Waals surface area contributed by atoms with Crippen molar-refractivity contribution in [2.45, 2.75) is 32.4 Å². The first-order valence-corrected chi connectivity index (χ1v) is 8.65. The van der Waals surface area contributed by atoms with E-state index in [-0.39, 0.29) is 6.61 Å². The highest BCUT2D eigenvalue weighted by Gasteiger charge is 2.20. The number of piperidine rings is 1. The summed E-state index contributed by atoms with van der Waals surface area (Å²) >= 11 is 3.42. The van der Waals surface area contributed by atoms with Crippen molar-refractivity contribution >= 4 is 27.6 Å². The summed E-state index contributed by atoms with van der Waals surface area (Å²) in [5.41, 5.74) is 3.09. The van der Waals surface area contributed by atoms with Gasteiger partial charge in [0.15, 0.2) is 0 Å². The van der Waals surface area contributed by atoms with Crippen LogP contribution in [0.2, 0.25) is 0 Å². The predicted molar refractivity (Wildman–Crippen MR) is 95.7 cm³/mol. The molecule has 23 heavy (non-hydrogen) atoms. The van der Waals surface area contributed by atoms with Crippen molar-refractivity contribution in [3.8, 4) is 0 Å². The van der Waals surface area contributed by atoms with Gasteiger partial charge in [-0.25, -0.2) is 9.97 Å². The molecule has 6 heteroatoms. The van der Waals surface area contributed by atoms with Gasteiger partial charge in [0.2, 0.25) is 5.95 Å². The summed E-state index contributed by atoms with van der Waals surface area (Å²) < 4.78 is 0.932. The number of aliphatic hydroxyl groups excluding tert-OH is 1. The summed E-state index contributed by atoms with van der Waals surface area (Å²) in [6.45, 7) is 4.03. The molecule has 0 saturated carbocycles. The number of aryl methyl sites for hydroxylation is 1. The van der Waals surface area contributed by atoms with E-state index in [1.54, 1.807) is 6.20 Å². The number of aromatic nitrogens is 2. The summed E-state index contributed by atoms with van der Waals surface area (Å²) in [7, 11) is 0. The number of aliphatic hydroxyl groups is 1. The fourth-order valence-electron chi connectivity index (χ4n) is 2.84. The lowest BCUT2D eigenvalue weighted by molar-refractivity contribution is 0.282. The summed E-state index contributed by atoms with van der Waals surface area (Å²) in [4.78, 5) is 11.1. The molecule has 0 aliphatic carbocycles. The van der Waals surface area contributed by atoms with Crippen LogP contribution in [0.3, 0.4) is 0 Å². The maximum Gasteiger partial charge on any atom is 0.223 e. The number of nitrogens with one attached hydrogen (secondary N) is 1. The fraction of sp³-hybridized carbons (Fsp3) is 0.412.